The zero-order valence-corrected chi connectivity index (χ0v) is 10.2. The molecule has 0 saturated heterocycles. The van der Waals surface area contributed by atoms with Gasteiger partial charge in [0.2, 0.25) is 0 Å². The van der Waals surface area contributed by atoms with E-state index in [1.807, 2.05) is 0 Å². The maximum atomic E-state index is 2.29. The Morgan fingerprint density at radius 3 is 2.79 bits per heavy atom. The predicted molar refractivity (Wildman–Crippen MR) is 57.4 cm³/mol. The molecule has 1 heteroatoms. The van der Waals surface area contributed by atoms with Crippen LogP contribution in [0.3, 0.4) is 0 Å². The van der Waals surface area contributed by atoms with Crippen molar-refractivity contribution in [2.75, 3.05) is 0 Å². The van der Waals surface area contributed by atoms with Crippen molar-refractivity contribution in [3.63, 3.8) is 0 Å². The Balaban J connectivity index is 2.21. The first-order valence-corrected chi connectivity index (χ1v) is 6.52. The first kappa shape index (κ1) is 9.95. The molecule has 0 nitrogen and oxygen atoms in total. The van der Waals surface area contributed by atoms with Crippen LogP contribution in [0.15, 0.2) is 40.3 Å². The molecule has 0 saturated carbocycles. The van der Waals surface area contributed by atoms with Crippen molar-refractivity contribution in [3.05, 3.63) is 51.4 Å². The van der Waals surface area contributed by atoms with Crippen LogP contribution in [0.25, 0.3) is 0 Å². The Labute approximate surface area is 94.7 Å². The molecule has 0 spiro atoms. The second-order valence-corrected chi connectivity index (χ2v) is 5.93. The molecule has 1 aliphatic rings. The number of benzene rings is 1. The predicted octanol–water partition coefficient (Wildman–Crippen LogP) is 2.86. The Kier molecular flexibility index (Phi) is 3.05. The molecular formula is C13H14Ti. The average Bonchev–Trinajstić information content (AvgIpc) is 2.66. The van der Waals surface area contributed by atoms with E-state index in [4.69, 9.17) is 0 Å². The Morgan fingerprint density at radius 2 is 2.07 bits per heavy atom. The quantitative estimate of drug-likeness (QED) is 0.669. The summed E-state index contributed by atoms with van der Waals surface area (Å²) in [7, 11) is 0. The summed E-state index contributed by atoms with van der Waals surface area (Å²) in [6.45, 7) is 4.45. The molecule has 0 bridgehead atoms. The van der Waals surface area contributed by atoms with Gasteiger partial charge in [-0.1, -0.05) is 0 Å². The van der Waals surface area contributed by atoms with Gasteiger partial charge in [-0.05, 0) is 0 Å². The first-order valence-electron chi connectivity index (χ1n) is 4.96. The van der Waals surface area contributed by atoms with Gasteiger partial charge in [0.25, 0.3) is 0 Å². The summed E-state index contributed by atoms with van der Waals surface area (Å²) in [4.78, 5) is 0. The third-order valence-electron chi connectivity index (χ3n) is 2.67. The summed E-state index contributed by atoms with van der Waals surface area (Å²) in [5, 5.41) is 0. The van der Waals surface area contributed by atoms with E-state index in [-0.39, 0.29) is 19.2 Å². The number of rotatable bonds is 2. The third kappa shape index (κ3) is 2.08. The molecule has 0 atom stereocenters. The molecule has 0 aliphatic heterocycles. The molecule has 1 aromatic rings. The van der Waals surface area contributed by atoms with E-state index in [1.165, 1.54) is 17.5 Å². The average molecular weight is 218 g/mol. The first-order chi connectivity index (χ1) is 6.77. The normalized spacial score (nSPS) is 14.3. The second kappa shape index (κ2) is 4.29. The van der Waals surface area contributed by atoms with Crippen molar-refractivity contribution in [1.82, 2.24) is 0 Å². The molecule has 0 radical (unpaired) electrons. The summed E-state index contributed by atoms with van der Waals surface area (Å²) in [6.07, 6.45) is 7.92. The van der Waals surface area contributed by atoms with E-state index in [0.29, 0.717) is 0 Å². The van der Waals surface area contributed by atoms with E-state index in [1.54, 1.807) is 7.75 Å². The van der Waals surface area contributed by atoms with Gasteiger partial charge in [0.05, 0.1) is 0 Å². The van der Waals surface area contributed by atoms with E-state index in [9.17, 15) is 0 Å². The van der Waals surface area contributed by atoms with Crippen molar-refractivity contribution in [2.45, 2.75) is 20.3 Å². The summed E-state index contributed by atoms with van der Waals surface area (Å²) < 4.78 is 3.25. The zero-order valence-electron chi connectivity index (χ0n) is 8.67. The van der Waals surface area contributed by atoms with Gasteiger partial charge in [-0.3, -0.25) is 0 Å². The summed E-state index contributed by atoms with van der Waals surface area (Å²) in [5.41, 5.74) is 2.93. The molecular weight excluding hydrogens is 204 g/mol. The number of hydrogen-bond acceptors (Lipinski definition) is 0. The molecule has 0 heterocycles. The van der Waals surface area contributed by atoms with E-state index < -0.39 is 0 Å². The summed E-state index contributed by atoms with van der Waals surface area (Å²) in [6, 6.07) is 6.68. The minimum absolute atomic E-state index is 0.0569. The Morgan fingerprint density at radius 1 is 1.21 bits per heavy atom. The molecule has 0 unspecified atom stereocenters. The molecule has 0 aromatic heterocycles. The van der Waals surface area contributed by atoms with Crippen molar-refractivity contribution >= 4 is 3.87 Å². The van der Waals surface area contributed by atoms with Crippen LogP contribution in [0.1, 0.15) is 17.5 Å². The van der Waals surface area contributed by atoms with Crippen LogP contribution >= 0.6 is 0 Å². The van der Waals surface area contributed by atoms with Crippen LogP contribution in [-0.4, -0.2) is 0 Å². The topological polar surface area (TPSA) is 0 Å². The summed E-state index contributed by atoms with van der Waals surface area (Å²) >= 11 is -0.0569. The van der Waals surface area contributed by atoms with Gasteiger partial charge in [0, 0.05) is 0 Å². The fraction of sp³-hybridized carbons (Fsp3) is 0.231. The van der Waals surface area contributed by atoms with Gasteiger partial charge in [0.15, 0.2) is 0 Å². The van der Waals surface area contributed by atoms with Crippen LogP contribution in [0, 0.1) is 13.8 Å². The van der Waals surface area contributed by atoms with Crippen LogP contribution in [0.5, 0.6) is 0 Å². The number of hydrogen-bond donors (Lipinski definition) is 0. The minimum atomic E-state index is -0.0569. The number of aryl methyl sites for hydroxylation is 1. The molecule has 0 amide bonds. The van der Waals surface area contributed by atoms with Gasteiger partial charge >= 0.3 is 94.7 Å². The van der Waals surface area contributed by atoms with Crippen LogP contribution < -0.4 is 3.87 Å². The van der Waals surface area contributed by atoms with Crippen molar-refractivity contribution in [3.8, 4) is 0 Å². The van der Waals surface area contributed by atoms with E-state index in [0.717, 1.165) is 0 Å². The van der Waals surface area contributed by atoms with Crippen molar-refractivity contribution in [1.29, 1.82) is 0 Å². The fourth-order valence-corrected chi connectivity index (χ4v) is 3.64. The van der Waals surface area contributed by atoms with Gasteiger partial charge in [0.1, 0.15) is 0 Å². The SMILES string of the molecule is Cc1ccc[c]([Ti][C]2=CC=CC2)c1C. The molecule has 0 fully saturated rings. The van der Waals surface area contributed by atoms with Crippen molar-refractivity contribution < 1.29 is 19.2 Å². The van der Waals surface area contributed by atoms with Gasteiger partial charge in [-0.25, -0.2) is 0 Å². The van der Waals surface area contributed by atoms with Crippen molar-refractivity contribution in [2.24, 2.45) is 0 Å². The third-order valence-corrected chi connectivity index (χ3v) is 5.02. The van der Waals surface area contributed by atoms with Crippen LogP contribution in [0.4, 0.5) is 0 Å². The molecule has 70 valence electrons. The monoisotopic (exact) mass is 218 g/mol. The summed E-state index contributed by atoms with van der Waals surface area (Å²) in [5.74, 6) is 0. The van der Waals surface area contributed by atoms with Gasteiger partial charge in [-0.15, -0.1) is 0 Å². The molecule has 1 aliphatic carbocycles. The van der Waals surface area contributed by atoms with Crippen LogP contribution in [0.2, 0.25) is 0 Å². The standard InChI is InChI=1S/C8H9.C5H5.Ti/c1-7-5-3-4-6-8(7)2;1-2-4-5-3-1;/h3-5H,1-2H3;1-3H,4H2;. The zero-order chi connectivity index (χ0) is 9.97. The van der Waals surface area contributed by atoms with E-state index in [2.05, 4.69) is 50.3 Å². The Bertz CT molecular complexity index is 400. The van der Waals surface area contributed by atoms with Gasteiger partial charge in [-0.2, -0.15) is 0 Å². The van der Waals surface area contributed by atoms with Gasteiger partial charge < -0.3 is 0 Å². The molecule has 2 rings (SSSR count). The second-order valence-electron chi connectivity index (χ2n) is 3.70. The molecule has 14 heavy (non-hydrogen) atoms. The fourth-order valence-electron chi connectivity index (χ4n) is 1.60. The molecule has 1 aromatic carbocycles. The number of allylic oxidation sites excluding steroid dienone is 4. The van der Waals surface area contributed by atoms with Crippen LogP contribution in [-0.2, 0) is 19.2 Å². The maximum absolute atomic E-state index is 2.29. The Hall–Kier alpha value is -0.586. The van der Waals surface area contributed by atoms with E-state index >= 15 is 0 Å². The molecule has 0 N–H and O–H groups in total.